The number of fused-ring (bicyclic) bond motifs is 1. The summed E-state index contributed by atoms with van der Waals surface area (Å²) in [5.41, 5.74) is 1.56. The number of likely N-dealkylation sites (N-methyl/N-ethyl adjacent to an activating group) is 1. The van der Waals surface area contributed by atoms with Gasteiger partial charge in [0, 0.05) is 44.7 Å². The topological polar surface area (TPSA) is 170 Å². The maximum absolute atomic E-state index is 14.7. The van der Waals surface area contributed by atoms with Crippen LogP contribution in [0.2, 0.25) is 0 Å². The summed E-state index contributed by atoms with van der Waals surface area (Å²) < 4.78 is 30.5. The summed E-state index contributed by atoms with van der Waals surface area (Å²) >= 11 is 0. The first-order valence-electron chi connectivity index (χ1n) is 21.9. The van der Waals surface area contributed by atoms with E-state index in [0.29, 0.717) is 24.0 Å². The summed E-state index contributed by atoms with van der Waals surface area (Å²) in [5, 5.41) is 22.0. The van der Waals surface area contributed by atoms with Crippen LogP contribution in [0.15, 0.2) is 72.5 Å². The molecular weight excluding hydrogens is 781 g/mol. The number of unbranched alkanes of at least 4 members (excludes halogenated alkanes) is 4. The van der Waals surface area contributed by atoms with Crippen molar-refractivity contribution in [3.05, 3.63) is 89.2 Å². The molecule has 5 atom stereocenters. The molecule has 0 saturated carbocycles. The first-order chi connectivity index (χ1) is 29.2. The molecule has 0 spiro atoms. The van der Waals surface area contributed by atoms with E-state index in [-0.39, 0.29) is 38.9 Å². The van der Waals surface area contributed by atoms with Gasteiger partial charge in [0.25, 0.3) is 0 Å². The van der Waals surface area contributed by atoms with Crippen molar-refractivity contribution in [2.24, 2.45) is 0 Å². The van der Waals surface area contributed by atoms with Crippen molar-refractivity contribution < 1.29 is 53.1 Å². The molecule has 2 aliphatic rings. The zero-order valence-electron chi connectivity index (χ0n) is 36.9. The minimum absolute atomic E-state index is 0.0154. The number of carbonyl (C=O) groups is 4. The van der Waals surface area contributed by atoms with E-state index in [0.717, 1.165) is 49.7 Å². The Bertz CT molecular complexity index is 1740. The molecule has 0 radical (unpaired) electrons. The number of amides is 2. The summed E-state index contributed by atoms with van der Waals surface area (Å²) in [6.45, 7) is 9.24. The minimum Gasteiger partial charge on any atom is -0.499 e. The molecule has 13 nitrogen and oxygen atoms in total. The zero-order valence-corrected chi connectivity index (χ0v) is 36.9. The van der Waals surface area contributed by atoms with Crippen LogP contribution in [-0.2, 0) is 44.5 Å². The van der Waals surface area contributed by atoms with Crippen LogP contribution in [0.3, 0.4) is 0 Å². The van der Waals surface area contributed by atoms with E-state index in [1.807, 2.05) is 30.3 Å². The highest BCUT2D eigenvalue weighted by molar-refractivity contribution is 5.97. The highest BCUT2D eigenvalue weighted by Crippen LogP contribution is 2.43. The molecule has 61 heavy (non-hydrogen) atoms. The van der Waals surface area contributed by atoms with E-state index in [9.17, 15) is 24.3 Å². The van der Waals surface area contributed by atoms with Crippen LogP contribution in [0.1, 0.15) is 127 Å². The van der Waals surface area contributed by atoms with Crippen LogP contribution in [0.5, 0.6) is 0 Å². The fourth-order valence-electron chi connectivity index (χ4n) is 7.58. The Morgan fingerprint density at radius 3 is 2.23 bits per heavy atom. The Morgan fingerprint density at radius 1 is 0.951 bits per heavy atom. The second-order valence-electron chi connectivity index (χ2n) is 17.0. The van der Waals surface area contributed by atoms with E-state index in [2.05, 4.69) is 19.2 Å². The third-order valence-electron chi connectivity index (χ3n) is 10.8. The highest BCUT2D eigenvalue weighted by Gasteiger charge is 2.53. The van der Waals surface area contributed by atoms with Crippen LogP contribution in [-0.4, -0.2) is 108 Å². The third-order valence-corrected chi connectivity index (χ3v) is 10.8. The Labute approximate surface area is 361 Å². The van der Waals surface area contributed by atoms with Crippen LogP contribution in [0.25, 0.3) is 6.08 Å². The molecule has 1 fully saturated rings. The molecule has 2 amide bonds. The van der Waals surface area contributed by atoms with Crippen molar-refractivity contribution >= 4 is 29.8 Å². The molecule has 0 bridgehead atoms. The minimum atomic E-state index is -1.00. The number of aliphatic hydroxyl groups excluding tert-OH is 2. The van der Waals surface area contributed by atoms with Crippen molar-refractivity contribution in [3.63, 3.8) is 0 Å². The van der Waals surface area contributed by atoms with Gasteiger partial charge in [-0.1, -0.05) is 82.0 Å². The van der Waals surface area contributed by atoms with Crippen molar-refractivity contribution in [2.75, 3.05) is 26.9 Å². The lowest BCUT2D eigenvalue weighted by Crippen LogP contribution is -2.53. The number of ether oxygens (including phenoxy) is 5. The molecule has 0 aromatic heterocycles. The van der Waals surface area contributed by atoms with E-state index >= 15 is 0 Å². The molecule has 1 aliphatic carbocycles. The number of nitrogens with one attached hydrogen (secondary N) is 1. The van der Waals surface area contributed by atoms with Gasteiger partial charge in [-0.25, -0.2) is 4.79 Å². The summed E-state index contributed by atoms with van der Waals surface area (Å²) in [6, 6.07) is 14.4. The summed E-state index contributed by atoms with van der Waals surface area (Å²) in [7, 11) is 1.56. The summed E-state index contributed by atoms with van der Waals surface area (Å²) in [6.07, 6.45) is 10.2. The van der Waals surface area contributed by atoms with Crippen LogP contribution < -0.4 is 5.32 Å². The average Bonchev–Trinajstić information content (AvgIpc) is 3.61. The first kappa shape index (κ1) is 49.1. The maximum atomic E-state index is 14.7. The molecule has 3 N–H and O–H groups in total. The largest absolute Gasteiger partial charge is 0.499 e. The Hall–Kier alpha value is -4.56. The predicted octanol–water partition coefficient (Wildman–Crippen LogP) is 6.83. The van der Waals surface area contributed by atoms with Gasteiger partial charge in [0.2, 0.25) is 11.8 Å². The van der Waals surface area contributed by atoms with Crippen molar-refractivity contribution in [3.8, 4) is 0 Å². The third kappa shape index (κ3) is 15.4. The van der Waals surface area contributed by atoms with E-state index in [1.54, 1.807) is 64.2 Å². The fraction of sp³-hybridized carbons (Fsp3) is 0.583. The van der Waals surface area contributed by atoms with Gasteiger partial charge in [0.05, 0.1) is 31.1 Å². The van der Waals surface area contributed by atoms with Gasteiger partial charge in [-0.15, -0.1) is 0 Å². The van der Waals surface area contributed by atoms with Gasteiger partial charge >= 0.3 is 11.9 Å². The van der Waals surface area contributed by atoms with Crippen LogP contribution in [0.4, 0.5) is 0 Å². The van der Waals surface area contributed by atoms with Gasteiger partial charge in [0.15, 0.2) is 5.79 Å². The first-order valence-corrected chi connectivity index (χ1v) is 21.9. The number of rotatable bonds is 24. The average molecular weight is 849 g/mol. The van der Waals surface area contributed by atoms with Crippen molar-refractivity contribution in [2.45, 2.75) is 153 Å². The molecular formula is C48H68N2O11. The summed E-state index contributed by atoms with van der Waals surface area (Å²) in [4.78, 5) is 56.4. The Kier molecular flexibility index (Phi) is 19.5. The molecule has 1 heterocycles. The van der Waals surface area contributed by atoms with Crippen molar-refractivity contribution in [1.82, 2.24) is 10.2 Å². The lowest BCUT2D eigenvalue weighted by molar-refractivity contribution is -0.190. The van der Waals surface area contributed by atoms with Gasteiger partial charge in [-0.05, 0) is 75.4 Å². The normalized spacial score (nSPS) is 19.3. The molecule has 2 aromatic rings. The second kappa shape index (κ2) is 24.2. The van der Waals surface area contributed by atoms with Crippen LogP contribution in [0, 0.1) is 0 Å². The Balaban J connectivity index is 1.62. The van der Waals surface area contributed by atoms with E-state index < -0.39 is 72.1 Å². The van der Waals surface area contributed by atoms with Crippen LogP contribution >= 0.6 is 0 Å². The smallest absolute Gasteiger partial charge is 0.338 e. The number of carbonyl (C=O) groups excluding carboxylic acids is 4. The predicted molar refractivity (Wildman–Crippen MR) is 232 cm³/mol. The second-order valence-corrected chi connectivity index (χ2v) is 17.0. The molecule has 4 rings (SSSR count). The Morgan fingerprint density at radius 2 is 1.62 bits per heavy atom. The van der Waals surface area contributed by atoms with Gasteiger partial charge in [0.1, 0.15) is 36.6 Å². The molecule has 2 aromatic carbocycles. The summed E-state index contributed by atoms with van der Waals surface area (Å²) in [5.74, 6) is -2.88. The molecule has 13 heteroatoms. The van der Waals surface area contributed by atoms with Gasteiger partial charge in [-0.3, -0.25) is 14.4 Å². The lowest BCUT2D eigenvalue weighted by Gasteiger charge is -2.34. The van der Waals surface area contributed by atoms with Gasteiger partial charge < -0.3 is 44.1 Å². The molecule has 336 valence electrons. The molecule has 0 unspecified atom stereocenters. The van der Waals surface area contributed by atoms with E-state index in [1.165, 1.54) is 11.2 Å². The fourth-order valence-corrected chi connectivity index (χ4v) is 7.58. The maximum Gasteiger partial charge on any atom is 0.338 e. The van der Waals surface area contributed by atoms with Crippen molar-refractivity contribution in [1.29, 1.82) is 0 Å². The lowest BCUT2D eigenvalue weighted by atomic mass is 9.90. The highest BCUT2D eigenvalue weighted by atomic mass is 16.8. The number of nitrogens with zero attached hydrogens (tertiary/aromatic N) is 1. The molecule has 1 saturated heterocycles. The zero-order chi connectivity index (χ0) is 44.4. The quantitative estimate of drug-likeness (QED) is 0.0575. The number of hydrogen-bond donors (Lipinski definition) is 3. The molecule has 1 aliphatic heterocycles. The van der Waals surface area contributed by atoms with Gasteiger partial charge in [-0.2, -0.15) is 0 Å². The monoisotopic (exact) mass is 848 g/mol. The number of aliphatic hydroxyl groups is 2. The standard InChI is InChI=1S/C48H68N2O11/c1-7-9-14-25-48(26-15-10-8-2)59-41-32-37(31-40(43(41)61-48)58-46(56)36-20-18-34(19-21-36)24-28-57-29-27-51)45(55)50(6)39(30-35-16-12-11-13-17-35)44(54)49-38(33-52)22-23-42(53)60-47(3,4)5/h11-13,16-21,24,28,32,38-41,43,51-52H,7-10,14-15,22-23,25-27,29-31,33H2,1-6H3,(H,49,54)/t38-,39+,40+,41+,43-/m0/s1. The van der Waals surface area contributed by atoms with E-state index in [4.69, 9.17) is 28.8 Å². The number of hydrogen-bond acceptors (Lipinski definition) is 11. The number of benzene rings is 2. The SMILES string of the molecule is CCCCCC1(CCCCC)O[C@@H]2[C@@H](C=C(C(=O)N(C)[C@H](Cc3ccccc3)C(=O)N[C@H](CO)CCC(=O)OC(C)(C)C)C[C@H]2OC(=O)c2ccc(C=COCCO)cc2)O1. The number of esters is 2.